The number of aliphatic hydroxyl groups is 1. The molecule has 2 aromatic rings. The number of hydrogen-bond acceptors (Lipinski definition) is 2. The summed E-state index contributed by atoms with van der Waals surface area (Å²) in [4.78, 5) is 15.7. The van der Waals surface area contributed by atoms with Gasteiger partial charge in [-0.25, -0.2) is 0 Å². The number of rotatable bonds is 5. The maximum atomic E-state index is 12.3. The van der Waals surface area contributed by atoms with Crippen LogP contribution in [-0.2, 0) is 12.8 Å². The van der Waals surface area contributed by atoms with Crippen LogP contribution in [0, 0.1) is 0 Å². The number of amides is 1. The van der Waals surface area contributed by atoms with Gasteiger partial charge < -0.3 is 15.4 Å². The highest BCUT2D eigenvalue weighted by Crippen LogP contribution is 2.29. The Labute approximate surface area is 130 Å². The Morgan fingerprint density at radius 2 is 2.18 bits per heavy atom. The van der Waals surface area contributed by atoms with Gasteiger partial charge >= 0.3 is 0 Å². The van der Waals surface area contributed by atoms with Gasteiger partial charge in [-0.3, -0.25) is 4.79 Å². The molecule has 1 heterocycles. The lowest BCUT2D eigenvalue weighted by Gasteiger charge is -2.12. The maximum Gasteiger partial charge on any atom is 0.251 e. The Morgan fingerprint density at radius 1 is 1.36 bits per heavy atom. The molecule has 1 aliphatic carbocycles. The van der Waals surface area contributed by atoms with Crippen LogP contribution in [0.1, 0.15) is 54.2 Å². The molecule has 0 saturated heterocycles. The summed E-state index contributed by atoms with van der Waals surface area (Å²) in [6, 6.07) is 5.83. The van der Waals surface area contributed by atoms with Gasteiger partial charge in [0, 0.05) is 28.7 Å². The van der Waals surface area contributed by atoms with Gasteiger partial charge in [-0.05, 0) is 55.9 Å². The lowest BCUT2D eigenvalue weighted by molar-refractivity contribution is 0.0910. The number of aromatic nitrogens is 1. The van der Waals surface area contributed by atoms with Crippen molar-refractivity contribution < 1.29 is 9.90 Å². The van der Waals surface area contributed by atoms with E-state index in [1.165, 1.54) is 29.5 Å². The van der Waals surface area contributed by atoms with Crippen molar-refractivity contribution in [3.8, 4) is 0 Å². The van der Waals surface area contributed by atoms with E-state index in [1.807, 2.05) is 25.1 Å². The summed E-state index contributed by atoms with van der Waals surface area (Å²) in [6.45, 7) is 2.34. The van der Waals surface area contributed by atoms with Gasteiger partial charge in [-0.2, -0.15) is 0 Å². The van der Waals surface area contributed by atoms with Crippen LogP contribution in [0.5, 0.6) is 0 Å². The second kappa shape index (κ2) is 6.53. The molecule has 4 heteroatoms. The number of benzene rings is 1. The minimum Gasteiger partial charge on any atom is -0.391 e. The molecule has 1 aromatic heterocycles. The van der Waals surface area contributed by atoms with Crippen LogP contribution in [-0.4, -0.2) is 28.6 Å². The number of carbonyl (C=O) groups is 1. The van der Waals surface area contributed by atoms with Crippen molar-refractivity contribution in [1.82, 2.24) is 10.3 Å². The van der Waals surface area contributed by atoms with Gasteiger partial charge in [0.2, 0.25) is 0 Å². The topological polar surface area (TPSA) is 65.1 Å². The number of H-pyrrole nitrogens is 1. The first-order valence-electron chi connectivity index (χ1n) is 8.28. The molecular weight excluding hydrogens is 276 g/mol. The normalized spacial score (nSPS) is 15.5. The summed E-state index contributed by atoms with van der Waals surface area (Å²) in [5.41, 5.74) is 4.50. The Kier molecular flexibility index (Phi) is 4.48. The zero-order valence-corrected chi connectivity index (χ0v) is 13.1. The van der Waals surface area contributed by atoms with E-state index in [-0.39, 0.29) is 5.91 Å². The second-order valence-electron chi connectivity index (χ2n) is 6.20. The minimum atomic E-state index is -0.460. The minimum absolute atomic E-state index is 0.109. The van der Waals surface area contributed by atoms with E-state index in [9.17, 15) is 9.90 Å². The quantitative estimate of drug-likeness (QED) is 0.795. The number of aliphatic hydroxyl groups excluding tert-OH is 1. The fourth-order valence-corrected chi connectivity index (χ4v) is 3.30. The molecule has 0 radical (unpaired) electrons. The summed E-state index contributed by atoms with van der Waals surface area (Å²) < 4.78 is 0. The van der Waals surface area contributed by atoms with Crippen molar-refractivity contribution in [2.75, 3.05) is 6.54 Å². The van der Waals surface area contributed by atoms with Crippen molar-refractivity contribution in [1.29, 1.82) is 0 Å². The maximum absolute atomic E-state index is 12.3. The smallest absolute Gasteiger partial charge is 0.251 e. The lowest BCUT2D eigenvalue weighted by atomic mass is 9.95. The molecule has 0 saturated carbocycles. The van der Waals surface area contributed by atoms with E-state index in [0.29, 0.717) is 18.5 Å². The van der Waals surface area contributed by atoms with E-state index >= 15 is 0 Å². The Hall–Kier alpha value is -1.81. The third-order valence-corrected chi connectivity index (χ3v) is 4.48. The van der Waals surface area contributed by atoms with Crippen LogP contribution in [0.3, 0.4) is 0 Å². The summed E-state index contributed by atoms with van der Waals surface area (Å²) in [6.07, 6.45) is 5.83. The number of carbonyl (C=O) groups excluding carboxylic acids is 1. The Morgan fingerprint density at radius 3 is 3.00 bits per heavy atom. The molecule has 0 fully saturated rings. The first-order chi connectivity index (χ1) is 10.7. The van der Waals surface area contributed by atoms with Crippen LogP contribution < -0.4 is 5.32 Å². The van der Waals surface area contributed by atoms with Crippen LogP contribution in [0.15, 0.2) is 18.2 Å². The summed E-state index contributed by atoms with van der Waals surface area (Å²) in [5, 5.41) is 13.7. The van der Waals surface area contributed by atoms with E-state index in [2.05, 4.69) is 10.3 Å². The summed E-state index contributed by atoms with van der Waals surface area (Å²) in [5.74, 6) is -0.109. The van der Waals surface area contributed by atoms with E-state index < -0.39 is 6.10 Å². The molecule has 1 amide bonds. The number of nitrogens with one attached hydrogen (secondary N) is 2. The molecule has 0 bridgehead atoms. The van der Waals surface area contributed by atoms with Crippen molar-refractivity contribution in [3.05, 3.63) is 35.0 Å². The summed E-state index contributed by atoms with van der Waals surface area (Å²) >= 11 is 0. The van der Waals surface area contributed by atoms with E-state index in [0.717, 1.165) is 24.8 Å². The molecule has 3 rings (SSSR count). The molecule has 4 nitrogen and oxygen atoms in total. The van der Waals surface area contributed by atoms with E-state index in [4.69, 9.17) is 0 Å². The van der Waals surface area contributed by atoms with Crippen molar-refractivity contribution >= 4 is 16.8 Å². The third-order valence-electron chi connectivity index (χ3n) is 4.48. The highest BCUT2D eigenvalue weighted by atomic mass is 16.3. The average molecular weight is 300 g/mol. The predicted molar refractivity (Wildman–Crippen MR) is 88.2 cm³/mol. The van der Waals surface area contributed by atoms with Crippen LogP contribution in [0.4, 0.5) is 0 Å². The predicted octanol–water partition coefficient (Wildman–Crippen LogP) is 2.94. The zero-order valence-electron chi connectivity index (χ0n) is 13.1. The van der Waals surface area contributed by atoms with Gasteiger partial charge in [-0.15, -0.1) is 0 Å². The third kappa shape index (κ3) is 3.02. The summed E-state index contributed by atoms with van der Waals surface area (Å²) in [7, 11) is 0. The second-order valence-corrected chi connectivity index (χ2v) is 6.20. The molecule has 0 spiro atoms. The van der Waals surface area contributed by atoms with Gasteiger partial charge in [0.15, 0.2) is 0 Å². The van der Waals surface area contributed by atoms with E-state index in [1.54, 1.807) is 0 Å². The number of aromatic amines is 1. The van der Waals surface area contributed by atoms with Crippen molar-refractivity contribution in [3.63, 3.8) is 0 Å². The highest BCUT2D eigenvalue weighted by molar-refractivity contribution is 5.99. The molecular formula is C18H24N2O2. The Bertz CT molecular complexity index is 675. The van der Waals surface area contributed by atoms with Gasteiger partial charge in [0.1, 0.15) is 0 Å². The first-order valence-corrected chi connectivity index (χ1v) is 8.28. The van der Waals surface area contributed by atoms with Crippen molar-refractivity contribution in [2.24, 2.45) is 0 Å². The molecule has 1 atom stereocenters. The fraction of sp³-hybridized carbons (Fsp3) is 0.500. The molecule has 3 N–H and O–H groups in total. The molecule has 1 aliphatic rings. The standard InChI is InChI=1S/C18H24N2O2/c1-2-5-13(21)11-19-18(22)12-8-9-17-15(10-12)14-6-3-4-7-16(14)20-17/h8-10,13,20-21H,2-7,11H2,1H3,(H,19,22). The van der Waals surface area contributed by atoms with Crippen LogP contribution in [0.2, 0.25) is 0 Å². The first kappa shape index (κ1) is 15.1. The van der Waals surface area contributed by atoms with Crippen molar-refractivity contribution in [2.45, 2.75) is 51.6 Å². The van der Waals surface area contributed by atoms with Crippen LogP contribution in [0.25, 0.3) is 10.9 Å². The molecule has 1 aromatic carbocycles. The molecule has 1 unspecified atom stereocenters. The van der Waals surface area contributed by atoms with Gasteiger partial charge in [-0.1, -0.05) is 13.3 Å². The SMILES string of the molecule is CCCC(O)CNC(=O)c1ccc2[nH]c3c(c2c1)CCCC3. The zero-order chi connectivity index (χ0) is 15.5. The van der Waals surface area contributed by atoms with Gasteiger partial charge in [0.25, 0.3) is 5.91 Å². The molecule has 22 heavy (non-hydrogen) atoms. The van der Waals surface area contributed by atoms with Gasteiger partial charge in [0.05, 0.1) is 6.10 Å². The lowest BCUT2D eigenvalue weighted by Crippen LogP contribution is -2.31. The number of hydrogen-bond donors (Lipinski definition) is 3. The molecule has 118 valence electrons. The highest BCUT2D eigenvalue weighted by Gasteiger charge is 2.17. The van der Waals surface area contributed by atoms with Crippen LogP contribution >= 0.6 is 0 Å². The molecule has 0 aliphatic heterocycles. The fourth-order valence-electron chi connectivity index (χ4n) is 3.30. The monoisotopic (exact) mass is 300 g/mol. The largest absolute Gasteiger partial charge is 0.391 e. The Balaban J connectivity index is 1.78. The average Bonchev–Trinajstić information content (AvgIpc) is 2.90. The number of fused-ring (bicyclic) bond motifs is 3. The number of aryl methyl sites for hydroxylation is 2.